The highest BCUT2D eigenvalue weighted by Gasteiger charge is 2.25. The third kappa shape index (κ3) is 5.70. The highest BCUT2D eigenvalue weighted by atomic mass is 16.5. The monoisotopic (exact) mass is 290 g/mol. The zero-order valence-corrected chi connectivity index (χ0v) is 13.7. The molecule has 0 N–H and O–H groups in total. The Labute approximate surface area is 127 Å². The van der Waals surface area contributed by atoms with E-state index in [1.807, 2.05) is 32.9 Å². The van der Waals surface area contributed by atoms with Gasteiger partial charge in [-0.2, -0.15) is 0 Å². The summed E-state index contributed by atoms with van der Waals surface area (Å²) in [5.74, 6) is 0.0810. The van der Waals surface area contributed by atoms with Gasteiger partial charge in [0.15, 0.2) is 12.4 Å². The van der Waals surface area contributed by atoms with Gasteiger partial charge in [-0.15, -0.1) is 0 Å². The van der Waals surface area contributed by atoms with Gasteiger partial charge in [0.1, 0.15) is 0 Å². The maximum Gasteiger partial charge on any atom is 0.309 e. The molecule has 0 spiro atoms. The molecule has 1 atom stereocenters. The van der Waals surface area contributed by atoms with Crippen molar-refractivity contribution < 1.29 is 14.3 Å². The number of carbonyl (C=O) groups excluding carboxylic acids is 2. The molecule has 0 radical (unpaired) electrons. The Morgan fingerprint density at radius 1 is 1.05 bits per heavy atom. The van der Waals surface area contributed by atoms with Crippen molar-refractivity contribution in [2.45, 2.75) is 41.0 Å². The molecule has 21 heavy (non-hydrogen) atoms. The van der Waals surface area contributed by atoms with Gasteiger partial charge in [0.25, 0.3) is 0 Å². The molecule has 1 unspecified atom stereocenters. The van der Waals surface area contributed by atoms with Gasteiger partial charge in [-0.05, 0) is 25.2 Å². The van der Waals surface area contributed by atoms with Gasteiger partial charge in [-0.25, -0.2) is 0 Å². The molecule has 3 heteroatoms. The SMILES string of the molecule is Cc1ccc(C(=O)COC(=O)C(CC(C)C)C(C)C)cc1. The summed E-state index contributed by atoms with van der Waals surface area (Å²) in [5.41, 5.74) is 1.68. The van der Waals surface area contributed by atoms with Crippen LogP contribution in [0, 0.1) is 24.7 Å². The molecule has 3 nitrogen and oxygen atoms in total. The van der Waals surface area contributed by atoms with Crippen molar-refractivity contribution in [3.63, 3.8) is 0 Å². The van der Waals surface area contributed by atoms with E-state index in [2.05, 4.69) is 13.8 Å². The summed E-state index contributed by atoms with van der Waals surface area (Å²) in [7, 11) is 0. The first-order valence-corrected chi connectivity index (χ1v) is 7.57. The molecule has 1 aromatic carbocycles. The molecular weight excluding hydrogens is 264 g/mol. The van der Waals surface area contributed by atoms with E-state index in [0.717, 1.165) is 12.0 Å². The van der Waals surface area contributed by atoms with E-state index < -0.39 is 0 Å². The predicted octanol–water partition coefficient (Wildman–Crippen LogP) is 4.04. The Morgan fingerprint density at radius 2 is 1.62 bits per heavy atom. The highest BCUT2D eigenvalue weighted by Crippen LogP contribution is 2.21. The summed E-state index contributed by atoms with van der Waals surface area (Å²) < 4.78 is 5.22. The second kappa shape index (κ2) is 7.96. The number of esters is 1. The molecule has 1 rings (SSSR count). The minimum Gasteiger partial charge on any atom is -0.457 e. The first-order chi connectivity index (χ1) is 9.81. The lowest BCUT2D eigenvalue weighted by atomic mass is 9.88. The third-order valence-corrected chi connectivity index (χ3v) is 3.55. The first-order valence-electron chi connectivity index (χ1n) is 7.57. The van der Waals surface area contributed by atoms with E-state index in [-0.39, 0.29) is 30.2 Å². The Morgan fingerprint density at radius 3 is 2.10 bits per heavy atom. The lowest BCUT2D eigenvalue weighted by Crippen LogP contribution is -2.26. The normalized spacial score (nSPS) is 12.5. The molecule has 0 heterocycles. The summed E-state index contributed by atoms with van der Waals surface area (Å²) in [6.07, 6.45) is 0.787. The van der Waals surface area contributed by atoms with Gasteiger partial charge >= 0.3 is 5.97 Å². The van der Waals surface area contributed by atoms with E-state index in [1.165, 1.54) is 0 Å². The first kappa shape index (κ1) is 17.4. The van der Waals surface area contributed by atoms with Crippen LogP contribution in [-0.2, 0) is 9.53 Å². The number of aryl methyl sites for hydroxylation is 1. The second-order valence-electron chi connectivity index (χ2n) is 6.38. The van der Waals surface area contributed by atoms with E-state index in [4.69, 9.17) is 4.74 Å². The number of Topliss-reactive ketones (excluding diaryl/α,β-unsaturated/α-hetero) is 1. The maximum atomic E-state index is 12.1. The van der Waals surface area contributed by atoms with Gasteiger partial charge in [-0.3, -0.25) is 9.59 Å². The maximum absolute atomic E-state index is 12.1. The van der Waals surface area contributed by atoms with Crippen LogP contribution in [0.1, 0.15) is 50.0 Å². The van der Waals surface area contributed by atoms with Crippen LogP contribution in [0.3, 0.4) is 0 Å². The summed E-state index contributed by atoms with van der Waals surface area (Å²) in [4.78, 5) is 24.1. The predicted molar refractivity (Wildman–Crippen MR) is 84.3 cm³/mol. The summed E-state index contributed by atoms with van der Waals surface area (Å²) in [6.45, 7) is 9.98. The van der Waals surface area contributed by atoms with Crippen LogP contribution in [0.5, 0.6) is 0 Å². The smallest absolute Gasteiger partial charge is 0.309 e. The van der Waals surface area contributed by atoms with Crippen LogP contribution in [0.25, 0.3) is 0 Å². The van der Waals surface area contributed by atoms with Crippen molar-refractivity contribution in [1.29, 1.82) is 0 Å². The zero-order chi connectivity index (χ0) is 16.0. The van der Waals surface area contributed by atoms with E-state index in [9.17, 15) is 9.59 Å². The average Bonchev–Trinajstić information content (AvgIpc) is 2.42. The van der Waals surface area contributed by atoms with E-state index in [0.29, 0.717) is 11.5 Å². The van der Waals surface area contributed by atoms with Gasteiger partial charge < -0.3 is 4.74 Å². The highest BCUT2D eigenvalue weighted by molar-refractivity contribution is 5.98. The summed E-state index contributed by atoms with van der Waals surface area (Å²) >= 11 is 0. The number of carbonyl (C=O) groups is 2. The average molecular weight is 290 g/mol. The molecule has 0 aromatic heterocycles. The summed E-state index contributed by atoms with van der Waals surface area (Å²) in [6, 6.07) is 7.29. The third-order valence-electron chi connectivity index (χ3n) is 3.55. The van der Waals surface area contributed by atoms with Gasteiger partial charge in [0.2, 0.25) is 0 Å². The fraction of sp³-hybridized carbons (Fsp3) is 0.556. The Bertz CT molecular complexity index is 472. The molecule has 1 aromatic rings. The molecule has 0 fully saturated rings. The van der Waals surface area contributed by atoms with Crippen LogP contribution in [0.15, 0.2) is 24.3 Å². The fourth-order valence-corrected chi connectivity index (χ4v) is 2.21. The Hall–Kier alpha value is -1.64. The molecule has 0 saturated carbocycles. The van der Waals surface area contributed by atoms with E-state index in [1.54, 1.807) is 12.1 Å². The minimum absolute atomic E-state index is 0.143. The molecule has 0 amide bonds. The molecular formula is C18H26O3. The molecule has 0 aliphatic rings. The molecule has 0 saturated heterocycles. The number of ketones is 1. The number of ether oxygens (including phenoxy) is 1. The van der Waals surface area contributed by atoms with Crippen molar-refractivity contribution in [1.82, 2.24) is 0 Å². The van der Waals surface area contributed by atoms with Crippen LogP contribution in [0.4, 0.5) is 0 Å². The lowest BCUT2D eigenvalue weighted by Gasteiger charge is -2.20. The van der Waals surface area contributed by atoms with Crippen molar-refractivity contribution in [3.05, 3.63) is 35.4 Å². The molecule has 0 aliphatic heterocycles. The number of rotatable bonds is 7. The van der Waals surface area contributed by atoms with Crippen LogP contribution >= 0.6 is 0 Å². The number of hydrogen-bond donors (Lipinski definition) is 0. The summed E-state index contributed by atoms with van der Waals surface area (Å²) in [5, 5.41) is 0. The van der Waals surface area contributed by atoms with Crippen LogP contribution < -0.4 is 0 Å². The van der Waals surface area contributed by atoms with Crippen molar-refractivity contribution in [2.75, 3.05) is 6.61 Å². The topological polar surface area (TPSA) is 43.4 Å². The molecule has 0 bridgehead atoms. The van der Waals surface area contributed by atoms with Gasteiger partial charge in [0, 0.05) is 5.56 Å². The quantitative estimate of drug-likeness (QED) is 0.562. The van der Waals surface area contributed by atoms with Crippen molar-refractivity contribution in [2.24, 2.45) is 17.8 Å². The minimum atomic E-state index is -0.265. The fourth-order valence-electron chi connectivity index (χ4n) is 2.21. The van der Waals surface area contributed by atoms with Crippen LogP contribution in [0.2, 0.25) is 0 Å². The van der Waals surface area contributed by atoms with Crippen molar-refractivity contribution >= 4 is 11.8 Å². The second-order valence-corrected chi connectivity index (χ2v) is 6.38. The Balaban J connectivity index is 2.58. The number of hydrogen-bond acceptors (Lipinski definition) is 3. The standard InChI is InChI=1S/C18H26O3/c1-12(2)10-16(13(3)4)18(20)21-11-17(19)15-8-6-14(5)7-9-15/h6-9,12-13,16H,10-11H2,1-5H3. The van der Waals surface area contributed by atoms with Crippen LogP contribution in [-0.4, -0.2) is 18.4 Å². The largest absolute Gasteiger partial charge is 0.457 e. The van der Waals surface area contributed by atoms with E-state index >= 15 is 0 Å². The molecule has 0 aliphatic carbocycles. The van der Waals surface area contributed by atoms with Crippen molar-refractivity contribution in [3.8, 4) is 0 Å². The molecule has 116 valence electrons. The van der Waals surface area contributed by atoms with Gasteiger partial charge in [0.05, 0.1) is 5.92 Å². The van der Waals surface area contributed by atoms with Gasteiger partial charge in [-0.1, -0.05) is 57.5 Å². The number of benzene rings is 1. The zero-order valence-electron chi connectivity index (χ0n) is 13.7. The Kier molecular flexibility index (Phi) is 6.60. The lowest BCUT2D eigenvalue weighted by molar-refractivity contribution is -0.149.